The van der Waals surface area contributed by atoms with Crippen LogP contribution < -0.4 is 0 Å². The Morgan fingerprint density at radius 1 is 1.53 bits per heavy atom. The van der Waals surface area contributed by atoms with Gasteiger partial charge in [-0.15, -0.1) is 0 Å². The molecular weight excluding hydrogens is 264 g/mol. The molecular formula is C10H13ClN2O3S. The SMILES string of the molecule is Cn1ncc(Cl)c1C(=O)C1CCCCS1(=O)=O. The van der Waals surface area contributed by atoms with E-state index in [1.807, 2.05) is 0 Å². The average molecular weight is 277 g/mol. The maximum Gasteiger partial charge on any atom is 0.200 e. The van der Waals surface area contributed by atoms with E-state index >= 15 is 0 Å². The number of sulfone groups is 1. The first-order valence-electron chi connectivity index (χ1n) is 5.37. The molecule has 1 aromatic rings. The molecule has 1 atom stereocenters. The summed E-state index contributed by atoms with van der Waals surface area (Å²) < 4.78 is 25.0. The fourth-order valence-corrected chi connectivity index (χ4v) is 4.20. The Balaban J connectivity index is 2.38. The van der Waals surface area contributed by atoms with Crippen molar-refractivity contribution in [3.63, 3.8) is 0 Å². The van der Waals surface area contributed by atoms with Gasteiger partial charge in [-0.2, -0.15) is 5.10 Å². The van der Waals surface area contributed by atoms with E-state index in [4.69, 9.17) is 11.6 Å². The standard InChI is InChI=1S/C10H13ClN2O3S/c1-13-9(7(11)6-12-13)10(14)8-4-2-3-5-17(8,15)16/h6,8H,2-5H2,1H3. The number of aryl methyl sites for hydroxylation is 1. The van der Waals surface area contributed by atoms with Crippen LogP contribution in [0.15, 0.2) is 6.20 Å². The van der Waals surface area contributed by atoms with Crippen LogP contribution >= 0.6 is 11.6 Å². The summed E-state index contributed by atoms with van der Waals surface area (Å²) in [5.74, 6) is -0.353. The number of hydrogen-bond donors (Lipinski definition) is 0. The van der Waals surface area contributed by atoms with Crippen LogP contribution in [0.1, 0.15) is 29.8 Å². The zero-order valence-corrected chi connectivity index (χ0v) is 11.0. The topological polar surface area (TPSA) is 69.0 Å². The van der Waals surface area contributed by atoms with Gasteiger partial charge in [0.05, 0.1) is 17.0 Å². The van der Waals surface area contributed by atoms with Crippen molar-refractivity contribution >= 4 is 27.2 Å². The Kier molecular flexibility index (Phi) is 3.27. The van der Waals surface area contributed by atoms with Gasteiger partial charge in [-0.3, -0.25) is 9.48 Å². The summed E-state index contributed by atoms with van der Waals surface area (Å²) in [7, 11) is -1.75. The number of halogens is 1. The predicted molar refractivity (Wildman–Crippen MR) is 64.0 cm³/mol. The van der Waals surface area contributed by atoms with Crippen LogP contribution in [0.4, 0.5) is 0 Å². The highest BCUT2D eigenvalue weighted by Gasteiger charge is 2.37. The summed E-state index contributed by atoms with van der Waals surface area (Å²) >= 11 is 5.85. The molecule has 17 heavy (non-hydrogen) atoms. The molecule has 0 spiro atoms. The largest absolute Gasteiger partial charge is 0.291 e. The lowest BCUT2D eigenvalue weighted by Gasteiger charge is -2.21. The lowest BCUT2D eigenvalue weighted by atomic mass is 10.1. The van der Waals surface area contributed by atoms with Crippen LogP contribution in [-0.4, -0.2) is 35.0 Å². The third-order valence-electron chi connectivity index (χ3n) is 3.00. The smallest absolute Gasteiger partial charge is 0.200 e. The van der Waals surface area contributed by atoms with Crippen molar-refractivity contribution in [2.24, 2.45) is 7.05 Å². The molecule has 7 heteroatoms. The molecule has 1 aliphatic heterocycles. The number of carbonyl (C=O) groups is 1. The van der Waals surface area contributed by atoms with E-state index in [1.165, 1.54) is 10.9 Å². The zero-order chi connectivity index (χ0) is 12.6. The molecule has 2 heterocycles. The van der Waals surface area contributed by atoms with Gasteiger partial charge in [0.2, 0.25) is 0 Å². The molecule has 1 saturated heterocycles. The van der Waals surface area contributed by atoms with Gasteiger partial charge in [0.1, 0.15) is 10.9 Å². The average Bonchev–Trinajstić information content (AvgIpc) is 2.57. The van der Waals surface area contributed by atoms with E-state index in [0.717, 1.165) is 6.42 Å². The Morgan fingerprint density at radius 3 is 2.76 bits per heavy atom. The fraction of sp³-hybridized carbons (Fsp3) is 0.600. The molecule has 0 bridgehead atoms. The van der Waals surface area contributed by atoms with Crippen molar-refractivity contribution in [2.45, 2.75) is 24.5 Å². The Labute approximate surface area is 105 Å². The molecule has 1 fully saturated rings. The third kappa shape index (κ3) is 2.24. The van der Waals surface area contributed by atoms with Gasteiger partial charge in [-0.1, -0.05) is 18.0 Å². The molecule has 0 radical (unpaired) electrons. The number of nitrogens with zero attached hydrogens (tertiary/aromatic N) is 2. The highest BCUT2D eigenvalue weighted by atomic mass is 35.5. The first-order valence-corrected chi connectivity index (χ1v) is 7.46. The van der Waals surface area contributed by atoms with Crippen LogP contribution in [0.3, 0.4) is 0 Å². The third-order valence-corrected chi connectivity index (χ3v) is 5.45. The number of rotatable bonds is 2. The van der Waals surface area contributed by atoms with Crippen molar-refractivity contribution in [3.8, 4) is 0 Å². The Hall–Kier alpha value is -0.880. The van der Waals surface area contributed by atoms with E-state index in [-0.39, 0.29) is 16.5 Å². The number of Topliss-reactive ketones (excluding diaryl/α,β-unsaturated/α-hetero) is 1. The number of ketones is 1. The second kappa shape index (κ2) is 4.42. The Bertz CT molecular complexity index is 530. The van der Waals surface area contributed by atoms with E-state index in [0.29, 0.717) is 12.8 Å². The highest BCUT2D eigenvalue weighted by Crippen LogP contribution is 2.25. The van der Waals surface area contributed by atoms with Crippen LogP contribution in [0.2, 0.25) is 5.02 Å². The van der Waals surface area contributed by atoms with Crippen molar-refractivity contribution in [1.29, 1.82) is 0 Å². The van der Waals surface area contributed by atoms with Crippen LogP contribution in [0, 0.1) is 0 Å². The Morgan fingerprint density at radius 2 is 2.24 bits per heavy atom. The molecule has 1 aromatic heterocycles. The molecule has 0 N–H and O–H groups in total. The fourth-order valence-electron chi connectivity index (χ4n) is 2.09. The van der Waals surface area contributed by atoms with Gasteiger partial charge < -0.3 is 0 Å². The maximum absolute atomic E-state index is 12.2. The minimum absolute atomic E-state index is 0.0822. The van der Waals surface area contributed by atoms with Gasteiger partial charge in [0.25, 0.3) is 0 Å². The number of carbonyl (C=O) groups excluding carboxylic acids is 1. The lowest BCUT2D eigenvalue weighted by Crippen LogP contribution is -2.36. The summed E-state index contributed by atoms with van der Waals surface area (Å²) in [5.41, 5.74) is 0.183. The van der Waals surface area contributed by atoms with E-state index in [2.05, 4.69) is 5.10 Å². The van der Waals surface area contributed by atoms with Crippen LogP contribution in [-0.2, 0) is 16.9 Å². The van der Waals surface area contributed by atoms with Gasteiger partial charge >= 0.3 is 0 Å². The van der Waals surface area contributed by atoms with Crippen LogP contribution in [0.25, 0.3) is 0 Å². The van der Waals surface area contributed by atoms with Crippen molar-refractivity contribution in [1.82, 2.24) is 9.78 Å². The summed E-state index contributed by atoms with van der Waals surface area (Å²) in [6, 6.07) is 0. The molecule has 5 nitrogen and oxygen atoms in total. The minimum Gasteiger partial charge on any atom is -0.291 e. The molecule has 0 aliphatic carbocycles. The highest BCUT2D eigenvalue weighted by molar-refractivity contribution is 7.92. The van der Waals surface area contributed by atoms with Gasteiger partial charge in [-0.25, -0.2) is 8.42 Å². The summed E-state index contributed by atoms with van der Waals surface area (Å²) in [5, 5.41) is 3.10. The molecule has 0 saturated carbocycles. The summed E-state index contributed by atoms with van der Waals surface area (Å²) in [4.78, 5) is 12.2. The van der Waals surface area contributed by atoms with E-state index in [1.54, 1.807) is 7.05 Å². The van der Waals surface area contributed by atoms with Gasteiger partial charge in [-0.05, 0) is 12.8 Å². The predicted octanol–water partition coefficient (Wildman–Crippen LogP) is 1.22. The van der Waals surface area contributed by atoms with Crippen molar-refractivity contribution in [3.05, 3.63) is 16.9 Å². The second-order valence-corrected chi connectivity index (χ2v) is 6.89. The second-order valence-electron chi connectivity index (χ2n) is 4.18. The number of aromatic nitrogens is 2. The van der Waals surface area contributed by atoms with Crippen molar-refractivity contribution in [2.75, 3.05) is 5.75 Å². The molecule has 0 aromatic carbocycles. The zero-order valence-electron chi connectivity index (χ0n) is 9.39. The molecule has 2 rings (SSSR count). The quantitative estimate of drug-likeness (QED) is 0.762. The first kappa shape index (κ1) is 12.6. The normalized spacial score (nSPS) is 23.5. The van der Waals surface area contributed by atoms with Gasteiger partial charge in [0, 0.05) is 7.05 Å². The molecule has 0 amide bonds. The molecule has 94 valence electrons. The van der Waals surface area contributed by atoms with E-state index < -0.39 is 20.9 Å². The summed E-state index contributed by atoms with van der Waals surface area (Å²) in [6.45, 7) is 0. The van der Waals surface area contributed by atoms with Crippen LogP contribution in [0.5, 0.6) is 0 Å². The number of hydrogen-bond acceptors (Lipinski definition) is 4. The molecule has 1 aliphatic rings. The van der Waals surface area contributed by atoms with E-state index in [9.17, 15) is 13.2 Å². The van der Waals surface area contributed by atoms with Gasteiger partial charge in [0.15, 0.2) is 15.6 Å². The first-order chi connectivity index (χ1) is 7.93. The van der Waals surface area contributed by atoms with Crippen molar-refractivity contribution < 1.29 is 13.2 Å². The summed E-state index contributed by atoms with van der Waals surface area (Å²) in [6.07, 6.45) is 3.11. The lowest BCUT2D eigenvalue weighted by molar-refractivity contribution is 0.0972. The molecule has 1 unspecified atom stereocenters. The monoisotopic (exact) mass is 276 g/mol. The minimum atomic E-state index is -3.33. The maximum atomic E-state index is 12.2.